The van der Waals surface area contributed by atoms with E-state index in [0.717, 1.165) is 12.7 Å². The molecule has 1 unspecified atom stereocenters. The largest absolute Gasteiger partial charge is 0.480 e. The second-order valence-corrected chi connectivity index (χ2v) is 4.14. The average molecular weight is 280 g/mol. The van der Waals surface area contributed by atoms with Crippen LogP contribution in [0, 0.1) is 6.92 Å². The van der Waals surface area contributed by atoms with Crippen molar-refractivity contribution in [3.8, 4) is 0 Å². The number of ether oxygens (including phenoxy) is 1. The van der Waals surface area contributed by atoms with Crippen LogP contribution in [0.15, 0.2) is 24.3 Å². The summed E-state index contributed by atoms with van der Waals surface area (Å²) in [6.45, 7) is 1.86. The quantitative estimate of drug-likeness (QED) is 0.701. The zero-order valence-electron chi connectivity index (χ0n) is 11.2. The van der Waals surface area contributed by atoms with Crippen molar-refractivity contribution in [2.24, 2.45) is 0 Å². The number of carboxylic acid groups (broad SMARTS) is 1. The van der Waals surface area contributed by atoms with E-state index < -0.39 is 30.4 Å². The number of rotatable bonds is 5. The Bertz CT molecular complexity index is 515. The molecule has 7 heteroatoms. The summed E-state index contributed by atoms with van der Waals surface area (Å²) in [7, 11) is 1.15. The van der Waals surface area contributed by atoms with Gasteiger partial charge in [-0.15, -0.1) is 0 Å². The third-order valence-electron chi connectivity index (χ3n) is 2.48. The van der Waals surface area contributed by atoms with Gasteiger partial charge >= 0.3 is 18.0 Å². The first-order valence-electron chi connectivity index (χ1n) is 5.86. The Balaban J connectivity index is 2.62. The van der Waals surface area contributed by atoms with Crippen LogP contribution in [-0.2, 0) is 14.3 Å². The molecule has 0 heterocycles. The Kier molecular flexibility index (Phi) is 5.52. The van der Waals surface area contributed by atoms with Crippen LogP contribution in [-0.4, -0.2) is 36.2 Å². The Morgan fingerprint density at radius 2 is 2.05 bits per heavy atom. The van der Waals surface area contributed by atoms with Crippen LogP contribution in [0.4, 0.5) is 10.5 Å². The molecule has 0 aliphatic carbocycles. The number of methoxy groups -OCH3 is 1. The topological polar surface area (TPSA) is 105 Å². The van der Waals surface area contributed by atoms with E-state index in [1.54, 1.807) is 18.2 Å². The molecule has 1 rings (SSSR count). The number of hydrogen-bond donors (Lipinski definition) is 3. The number of esters is 1. The number of carbonyl (C=O) groups excluding carboxylic acids is 2. The van der Waals surface area contributed by atoms with Gasteiger partial charge in [-0.05, 0) is 24.6 Å². The number of carboxylic acids is 1. The SMILES string of the molecule is COC(=O)CC(NC(=O)Nc1cccc(C)c1)C(=O)O. The molecule has 1 atom stereocenters. The maximum Gasteiger partial charge on any atom is 0.326 e. The molecule has 0 aliphatic rings. The predicted octanol–water partition coefficient (Wildman–Crippen LogP) is 1.13. The van der Waals surface area contributed by atoms with E-state index in [1.165, 1.54) is 0 Å². The van der Waals surface area contributed by atoms with Crippen LogP contribution < -0.4 is 10.6 Å². The van der Waals surface area contributed by atoms with Crippen LogP contribution >= 0.6 is 0 Å². The fraction of sp³-hybridized carbons (Fsp3) is 0.308. The summed E-state index contributed by atoms with van der Waals surface area (Å²) >= 11 is 0. The molecule has 108 valence electrons. The molecule has 1 aromatic rings. The fourth-order valence-electron chi connectivity index (χ4n) is 1.50. The highest BCUT2D eigenvalue weighted by Gasteiger charge is 2.23. The first-order chi connectivity index (χ1) is 9.42. The van der Waals surface area contributed by atoms with Gasteiger partial charge in [-0.25, -0.2) is 9.59 Å². The normalized spacial score (nSPS) is 11.3. The van der Waals surface area contributed by atoms with Crippen LogP contribution in [0.25, 0.3) is 0 Å². The molecule has 0 bridgehead atoms. The van der Waals surface area contributed by atoms with Gasteiger partial charge in [-0.1, -0.05) is 12.1 Å². The zero-order chi connectivity index (χ0) is 15.1. The highest BCUT2D eigenvalue weighted by atomic mass is 16.5. The minimum atomic E-state index is -1.34. The third kappa shape index (κ3) is 4.97. The number of amides is 2. The van der Waals surface area contributed by atoms with Crippen molar-refractivity contribution in [1.82, 2.24) is 5.32 Å². The monoisotopic (exact) mass is 280 g/mol. The lowest BCUT2D eigenvalue weighted by atomic mass is 10.2. The number of nitrogens with one attached hydrogen (secondary N) is 2. The van der Waals surface area contributed by atoms with Gasteiger partial charge in [0.1, 0.15) is 6.04 Å². The molecule has 0 radical (unpaired) electrons. The van der Waals surface area contributed by atoms with Crippen molar-refractivity contribution in [3.05, 3.63) is 29.8 Å². The van der Waals surface area contributed by atoms with Crippen LogP contribution in [0.2, 0.25) is 0 Å². The van der Waals surface area contributed by atoms with E-state index in [2.05, 4.69) is 15.4 Å². The minimum Gasteiger partial charge on any atom is -0.480 e. The summed E-state index contributed by atoms with van der Waals surface area (Å²) in [4.78, 5) is 33.7. The van der Waals surface area contributed by atoms with Gasteiger partial charge in [-0.2, -0.15) is 0 Å². The first-order valence-corrected chi connectivity index (χ1v) is 5.86. The molecule has 0 spiro atoms. The lowest BCUT2D eigenvalue weighted by Gasteiger charge is -2.14. The van der Waals surface area contributed by atoms with Gasteiger partial charge in [0.05, 0.1) is 13.5 Å². The van der Waals surface area contributed by atoms with E-state index >= 15 is 0 Å². The molecule has 2 amide bonds. The smallest absolute Gasteiger partial charge is 0.326 e. The van der Waals surface area contributed by atoms with Crippen molar-refractivity contribution in [2.75, 3.05) is 12.4 Å². The van der Waals surface area contributed by atoms with Crippen LogP contribution in [0.1, 0.15) is 12.0 Å². The lowest BCUT2D eigenvalue weighted by molar-refractivity contribution is -0.147. The van der Waals surface area contributed by atoms with Crippen molar-refractivity contribution < 1.29 is 24.2 Å². The molecule has 1 aromatic carbocycles. The molecule has 7 nitrogen and oxygen atoms in total. The molecule has 0 saturated carbocycles. The maximum absolute atomic E-state index is 11.7. The predicted molar refractivity (Wildman–Crippen MR) is 71.4 cm³/mol. The van der Waals surface area contributed by atoms with Gasteiger partial charge in [0.2, 0.25) is 0 Å². The van der Waals surface area contributed by atoms with Crippen molar-refractivity contribution >= 4 is 23.7 Å². The number of hydrogen-bond acceptors (Lipinski definition) is 4. The van der Waals surface area contributed by atoms with E-state index in [0.29, 0.717) is 5.69 Å². The van der Waals surface area contributed by atoms with Gasteiger partial charge in [0.15, 0.2) is 0 Å². The van der Waals surface area contributed by atoms with Gasteiger partial charge in [0.25, 0.3) is 0 Å². The highest BCUT2D eigenvalue weighted by Crippen LogP contribution is 2.09. The van der Waals surface area contributed by atoms with Crippen molar-refractivity contribution in [3.63, 3.8) is 0 Å². The van der Waals surface area contributed by atoms with E-state index in [-0.39, 0.29) is 0 Å². The minimum absolute atomic E-state index is 0.437. The molecule has 0 fully saturated rings. The molecule has 20 heavy (non-hydrogen) atoms. The maximum atomic E-state index is 11.7. The number of benzene rings is 1. The van der Waals surface area contributed by atoms with Crippen molar-refractivity contribution in [1.29, 1.82) is 0 Å². The Morgan fingerprint density at radius 3 is 2.60 bits per heavy atom. The van der Waals surface area contributed by atoms with Gasteiger partial charge in [-0.3, -0.25) is 4.79 Å². The molecule has 3 N–H and O–H groups in total. The summed E-state index contributed by atoms with van der Waals surface area (Å²) in [6.07, 6.45) is -0.437. The number of aliphatic carboxylic acids is 1. The summed E-state index contributed by atoms with van der Waals surface area (Å²) < 4.78 is 4.37. The Labute approximate surface area is 115 Å². The third-order valence-corrected chi connectivity index (χ3v) is 2.48. The van der Waals surface area contributed by atoms with Crippen LogP contribution in [0.5, 0.6) is 0 Å². The zero-order valence-corrected chi connectivity index (χ0v) is 11.2. The summed E-state index contributed by atoms with van der Waals surface area (Å²) in [5.74, 6) is -2.02. The van der Waals surface area contributed by atoms with Gasteiger partial charge < -0.3 is 20.5 Å². The summed E-state index contributed by atoms with van der Waals surface area (Å²) in [6, 6.07) is 4.98. The molecular weight excluding hydrogens is 264 g/mol. The molecular formula is C13H16N2O5. The fourth-order valence-corrected chi connectivity index (χ4v) is 1.50. The Morgan fingerprint density at radius 1 is 1.35 bits per heavy atom. The molecule has 0 saturated heterocycles. The van der Waals surface area contributed by atoms with E-state index in [4.69, 9.17) is 5.11 Å². The number of anilines is 1. The van der Waals surface area contributed by atoms with Crippen molar-refractivity contribution in [2.45, 2.75) is 19.4 Å². The number of urea groups is 1. The van der Waals surface area contributed by atoms with Gasteiger partial charge in [0, 0.05) is 5.69 Å². The van der Waals surface area contributed by atoms with E-state index in [9.17, 15) is 14.4 Å². The summed E-state index contributed by atoms with van der Waals surface area (Å²) in [5.41, 5.74) is 1.48. The standard InChI is InChI=1S/C13H16N2O5/c1-8-4-3-5-9(6-8)14-13(19)15-10(12(17)18)7-11(16)20-2/h3-6,10H,7H2,1-2H3,(H,17,18)(H2,14,15,19). The number of carbonyl (C=O) groups is 3. The summed E-state index contributed by atoms with van der Waals surface area (Å²) in [5, 5.41) is 13.6. The highest BCUT2D eigenvalue weighted by molar-refractivity contribution is 5.93. The molecule has 0 aliphatic heterocycles. The second-order valence-electron chi connectivity index (χ2n) is 4.14. The second kappa shape index (κ2) is 7.13. The van der Waals surface area contributed by atoms with E-state index in [1.807, 2.05) is 13.0 Å². The molecule has 0 aromatic heterocycles. The van der Waals surface area contributed by atoms with Crippen LogP contribution in [0.3, 0.4) is 0 Å². The lowest BCUT2D eigenvalue weighted by Crippen LogP contribution is -2.44. The first kappa shape index (κ1) is 15.5. The average Bonchev–Trinajstić information content (AvgIpc) is 2.37. The number of aryl methyl sites for hydroxylation is 1. The Hall–Kier alpha value is -2.57.